The van der Waals surface area contributed by atoms with Crippen molar-refractivity contribution in [2.45, 2.75) is 13.0 Å². The fourth-order valence-electron chi connectivity index (χ4n) is 5.12. The van der Waals surface area contributed by atoms with Crippen molar-refractivity contribution in [2.24, 2.45) is 0 Å². The molecule has 6 rings (SSSR count). The van der Waals surface area contributed by atoms with Gasteiger partial charge in [-0.3, -0.25) is 9.59 Å². The molecule has 0 aliphatic carbocycles. The van der Waals surface area contributed by atoms with E-state index >= 15 is 0 Å². The third-order valence-electron chi connectivity index (χ3n) is 7.16. The number of carbonyl (C=O) groups excluding carboxylic acids is 2. The van der Waals surface area contributed by atoms with E-state index in [1.54, 1.807) is 25.2 Å². The molecule has 0 atom stereocenters. The van der Waals surface area contributed by atoms with Crippen LogP contribution in [0.15, 0.2) is 84.9 Å². The minimum absolute atomic E-state index is 0.141. The lowest BCUT2D eigenvalue weighted by Gasteiger charge is -2.16. The minimum Gasteiger partial charge on any atom is -0.493 e. The molecule has 2 amide bonds. The number of nitrogens with zero attached hydrogens (tertiary/aromatic N) is 2. The molecule has 5 aromatic rings. The monoisotopic (exact) mass is 532 g/mol. The molecule has 0 unspecified atom stereocenters. The Bertz CT molecular complexity index is 1710. The molecule has 40 heavy (non-hydrogen) atoms. The van der Waals surface area contributed by atoms with Crippen LogP contribution in [0.5, 0.6) is 11.5 Å². The van der Waals surface area contributed by atoms with Gasteiger partial charge in [0, 0.05) is 24.3 Å². The number of fused-ring (bicyclic) bond motifs is 2. The summed E-state index contributed by atoms with van der Waals surface area (Å²) in [6.07, 6.45) is 0.649. The van der Waals surface area contributed by atoms with Crippen LogP contribution in [0, 0.1) is 0 Å². The minimum atomic E-state index is -0.325. The van der Waals surface area contributed by atoms with E-state index in [2.05, 4.69) is 15.3 Å². The second kappa shape index (κ2) is 10.6. The van der Waals surface area contributed by atoms with Gasteiger partial charge in [0.1, 0.15) is 5.82 Å². The molecule has 1 aliphatic heterocycles. The van der Waals surface area contributed by atoms with E-state index < -0.39 is 0 Å². The molecule has 0 saturated carbocycles. The highest BCUT2D eigenvalue weighted by atomic mass is 16.5. The molecule has 1 aromatic heterocycles. The number of para-hydroxylation sites is 2. The Morgan fingerprint density at radius 1 is 0.950 bits per heavy atom. The largest absolute Gasteiger partial charge is 0.493 e. The molecule has 2 heterocycles. The molecule has 0 radical (unpaired) electrons. The zero-order chi connectivity index (χ0) is 27.6. The van der Waals surface area contributed by atoms with Crippen molar-refractivity contribution in [3.05, 3.63) is 107 Å². The van der Waals surface area contributed by atoms with Crippen LogP contribution < -0.4 is 14.8 Å². The van der Waals surface area contributed by atoms with E-state index in [4.69, 9.17) is 9.47 Å². The Balaban J connectivity index is 1.18. The normalized spacial score (nSPS) is 12.4. The number of anilines is 1. The number of methoxy groups -OCH3 is 2. The molecular formula is C32H28N4O4. The van der Waals surface area contributed by atoms with Crippen LogP contribution in [-0.4, -0.2) is 47.4 Å². The number of aromatic amines is 1. The smallest absolute Gasteiger partial charge is 0.256 e. The summed E-state index contributed by atoms with van der Waals surface area (Å²) in [7, 11) is 3.20. The van der Waals surface area contributed by atoms with Crippen molar-refractivity contribution in [3.63, 3.8) is 0 Å². The first-order valence-electron chi connectivity index (χ1n) is 13.0. The first-order valence-corrected chi connectivity index (χ1v) is 13.0. The lowest BCUT2D eigenvalue weighted by Crippen LogP contribution is -2.27. The third kappa shape index (κ3) is 4.75. The summed E-state index contributed by atoms with van der Waals surface area (Å²) in [6, 6.07) is 26.5. The maximum Gasteiger partial charge on any atom is 0.256 e. The van der Waals surface area contributed by atoms with Crippen molar-refractivity contribution in [3.8, 4) is 22.9 Å². The number of carbonyl (C=O) groups is 2. The van der Waals surface area contributed by atoms with Crippen LogP contribution in [-0.2, 0) is 13.0 Å². The van der Waals surface area contributed by atoms with Crippen molar-refractivity contribution in [1.82, 2.24) is 14.9 Å². The average molecular weight is 533 g/mol. The summed E-state index contributed by atoms with van der Waals surface area (Å²) >= 11 is 0. The Labute approximate surface area is 231 Å². The SMILES string of the molecule is COc1ccc(CCN2Cc3cccc(C(=O)Nc4cccc(-c5nc6ccccc6[nH]5)c4)c3C2=O)cc1OC. The fourth-order valence-corrected chi connectivity index (χ4v) is 5.12. The molecule has 8 nitrogen and oxygen atoms in total. The number of aromatic nitrogens is 2. The van der Waals surface area contributed by atoms with Gasteiger partial charge in [-0.2, -0.15) is 0 Å². The quantitative estimate of drug-likeness (QED) is 0.267. The number of benzene rings is 4. The molecular weight excluding hydrogens is 504 g/mol. The van der Waals surface area contributed by atoms with Crippen LogP contribution in [0.2, 0.25) is 0 Å². The molecule has 4 aromatic carbocycles. The van der Waals surface area contributed by atoms with Gasteiger partial charge < -0.3 is 24.7 Å². The number of H-pyrrole nitrogens is 1. The number of amides is 2. The molecule has 0 bridgehead atoms. The average Bonchev–Trinajstić information content (AvgIpc) is 3.57. The lowest BCUT2D eigenvalue weighted by atomic mass is 10.0. The second-order valence-corrected chi connectivity index (χ2v) is 9.64. The molecule has 8 heteroatoms. The highest BCUT2D eigenvalue weighted by molar-refractivity contribution is 6.13. The van der Waals surface area contributed by atoms with Crippen LogP contribution in [0.25, 0.3) is 22.4 Å². The number of ether oxygens (including phenoxy) is 2. The van der Waals surface area contributed by atoms with E-state index in [1.807, 2.05) is 78.9 Å². The van der Waals surface area contributed by atoms with E-state index in [0.717, 1.165) is 33.5 Å². The first-order chi connectivity index (χ1) is 19.5. The van der Waals surface area contributed by atoms with Gasteiger partial charge in [-0.25, -0.2) is 4.98 Å². The highest BCUT2D eigenvalue weighted by Gasteiger charge is 2.31. The Morgan fingerprint density at radius 2 is 1.77 bits per heavy atom. The van der Waals surface area contributed by atoms with Gasteiger partial charge in [0.25, 0.3) is 11.8 Å². The summed E-state index contributed by atoms with van der Waals surface area (Å²) in [5.74, 6) is 1.57. The Hall–Kier alpha value is -5.11. The number of hydrogen-bond donors (Lipinski definition) is 2. The topological polar surface area (TPSA) is 96.5 Å². The number of rotatable bonds is 8. The molecule has 1 aliphatic rings. The van der Waals surface area contributed by atoms with Gasteiger partial charge in [0.15, 0.2) is 11.5 Å². The highest BCUT2D eigenvalue weighted by Crippen LogP contribution is 2.30. The summed E-state index contributed by atoms with van der Waals surface area (Å²) in [5, 5.41) is 2.97. The van der Waals surface area contributed by atoms with Crippen molar-refractivity contribution in [2.75, 3.05) is 26.1 Å². The van der Waals surface area contributed by atoms with Gasteiger partial charge in [-0.05, 0) is 60.0 Å². The molecule has 0 saturated heterocycles. The third-order valence-corrected chi connectivity index (χ3v) is 7.16. The van der Waals surface area contributed by atoms with Gasteiger partial charge in [0.2, 0.25) is 0 Å². The summed E-state index contributed by atoms with van der Waals surface area (Å²) in [5.41, 5.74) is 6.00. The van der Waals surface area contributed by atoms with Crippen LogP contribution in [0.3, 0.4) is 0 Å². The number of hydrogen-bond acceptors (Lipinski definition) is 5. The van der Waals surface area contributed by atoms with Gasteiger partial charge in [-0.1, -0.05) is 42.5 Å². The van der Waals surface area contributed by atoms with Gasteiger partial charge in [-0.15, -0.1) is 0 Å². The zero-order valence-corrected chi connectivity index (χ0v) is 22.2. The lowest BCUT2D eigenvalue weighted by molar-refractivity contribution is 0.0776. The Morgan fingerprint density at radius 3 is 2.60 bits per heavy atom. The van der Waals surface area contributed by atoms with E-state index in [0.29, 0.717) is 47.8 Å². The maximum absolute atomic E-state index is 13.4. The maximum atomic E-state index is 13.4. The molecule has 0 fully saturated rings. The number of imidazole rings is 1. The summed E-state index contributed by atoms with van der Waals surface area (Å²) in [6.45, 7) is 0.980. The second-order valence-electron chi connectivity index (χ2n) is 9.64. The Kier molecular flexibility index (Phi) is 6.66. The van der Waals surface area contributed by atoms with E-state index in [-0.39, 0.29) is 11.8 Å². The zero-order valence-electron chi connectivity index (χ0n) is 22.2. The molecule has 0 spiro atoms. The van der Waals surface area contributed by atoms with Crippen LogP contribution >= 0.6 is 0 Å². The number of nitrogens with one attached hydrogen (secondary N) is 2. The van der Waals surface area contributed by atoms with Crippen molar-refractivity contribution >= 4 is 28.5 Å². The van der Waals surface area contributed by atoms with Crippen LogP contribution in [0.4, 0.5) is 5.69 Å². The first kappa shape index (κ1) is 25.2. The molecule has 200 valence electrons. The fraction of sp³-hybridized carbons (Fsp3) is 0.156. The van der Waals surface area contributed by atoms with E-state index in [9.17, 15) is 9.59 Å². The molecule has 2 N–H and O–H groups in total. The van der Waals surface area contributed by atoms with Crippen molar-refractivity contribution < 1.29 is 19.1 Å². The predicted molar refractivity (Wildman–Crippen MR) is 154 cm³/mol. The van der Waals surface area contributed by atoms with Crippen LogP contribution in [0.1, 0.15) is 31.8 Å². The van der Waals surface area contributed by atoms with Gasteiger partial charge >= 0.3 is 0 Å². The van der Waals surface area contributed by atoms with E-state index in [1.165, 1.54) is 0 Å². The van der Waals surface area contributed by atoms with Gasteiger partial charge in [0.05, 0.1) is 36.4 Å². The summed E-state index contributed by atoms with van der Waals surface area (Å²) in [4.78, 5) is 36.6. The predicted octanol–water partition coefficient (Wildman–Crippen LogP) is 5.70. The summed E-state index contributed by atoms with van der Waals surface area (Å²) < 4.78 is 10.7. The van der Waals surface area contributed by atoms with Crippen molar-refractivity contribution in [1.29, 1.82) is 0 Å². The standard InChI is InChI=1S/C32H28N4O4/c1-39-27-14-13-20(17-28(27)40-2)15-16-36-19-22-8-6-10-24(29(22)32(36)38)31(37)33-23-9-5-7-21(18-23)30-34-25-11-3-4-12-26(25)35-30/h3-14,17-18H,15-16,19H2,1-2H3,(H,33,37)(H,34,35).